The van der Waals surface area contributed by atoms with Gasteiger partial charge in [0.25, 0.3) is 0 Å². The van der Waals surface area contributed by atoms with Crippen LogP contribution in [0.15, 0.2) is 48.5 Å². The second-order valence-corrected chi connectivity index (χ2v) is 10.5. The first-order valence-corrected chi connectivity index (χ1v) is 13.0. The van der Waals surface area contributed by atoms with Crippen LogP contribution in [0.25, 0.3) is 11.1 Å². The van der Waals surface area contributed by atoms with Gasteiger partial charge in [0.05, 0.1) is 7.11 Å². The van der Waals surface area contributed by atoms with Crippen LogP contribution in [0.4, 0.5) is 4.79 Å². The predicted octanol–water partition coefficient (Wildman–Crippen LogP) is 8.63. The third-order valence-corrected chi connectivity index (χ3v) is 8.18. The van der Waals surface area contributed by atoms with Crippen molar-refractivity contribution in [2.24, 2.45) is 5.92 Å². The molecule has 0 bridgehead atoms. The van der Waals surface area contributed by atoms with Gasteiger partial charge >= 0.3 is 6.16 Å². The molecule has 2 aromatic carbocycles. The first-order valence-electron chi connectivity index (χ1n) is 13.0. The van der Waals surface area contributed by atoms with Crippen molar-refractivity contribution in [3.8, 4) is 11.1 Å². The van der Waals surface area contributed by atoms with E-state index in [1.54, 1.807) is 0 Å². The molecule has 0 saturated heterocycles. The number of rotatable bonds is 6. The lowest BCUT2D eigenvalue weighted by molar-refractivity contribution is -0.0396. The summed E-state index contributed by atoms with van der Waals surface area (Å²) in [6.07, 6.45) is 11.5. The van der Waals surface area contributed by atoms with Crippen LogP contribution in [0.5, 0.6) is 0 Å². The first kappa shape index (κ1) is 23.9. The summed E-state index contributed by atoms with van der Waals surface area (Å²) in [5.41, 5.74) is 5.09. The first-order chi connectivity index (χ1) is 16.0. The molecular formula is C30H40O3. The molecule has 0 amide bonds. The number of benzene rings is 2. The molecule has 0 atom stereocenters. The minimum atomic E-state index is -0.574. The largest absolute Gasteiger partial charge is 0.508 e. The fourth-order valence-corrected chi connectivity index (χ4v) is 5.99. The highest BCUT2D eigenvalue weighted by molar-refractivity contribution is 5.64. The van der Waals surface area contributed by atoms with Gasteiger partial charge in [0.2, 0.25) is 0 Å². The van der Waals surface area contributed by atoms with Crippen LogP contribution in [-0.4, -0.2) is 18.9 Å². The summed E-state index contributed by atoms with van der Waals surface area (Å²) in [7, 11) is 1.37. The Labute approximate surface area is 199 Å². The van der Waals surface area contributed by atoms with Gasteiger partial charge in [0, 0.05) is 0 Å². The summed E-state index contributed by atoms with van der Waals surface area (Å²) >= 11 is 0. The van der Waals surface area contributed by atoms with Crippen molar-refractivity contribution in [3.63, 3.8) is 0 Å². The van der Waals surface area contributed by atoms with Crippen molar-refractivity contribution in [2.45, 2.75) is 95.5 Å². The molecule has 4 rings (SSSR count). The maximum atomic E-state index is 11.5. The molecule has 2 aliphatic carbocycles. The Bertz CT molecular complexity index is 883. The molecule has 0 N–H and O–H groups in total. The van der Waals surface area contributed by atoms with Crippen molar-refractivity contribution in [1.82, 2.24) is 0 Å². The number of ether oxygens (including phenoxy) is 2. The van der Waals surface area contributed by atoms with Gasteiger partial charge in [-0.1, -0.05) is 68.3 Å². The van der Waals surface area contributed by atoms with E-state index in [0.29, 0.717) is 5.92 Å². The molecular weight excluding hydrogens is 408 g/mol. The van der Waals surface area contributed by atoms with E-state index < -0.39 is 11.8 Å². The van der Waals surface area contributed by atoms with E-state index >= 15 is 0 Å². The second kappa shape index (κ2) is 10.8. The normalized spacial score (nSPS) is 27.7. The molecule has 0 aromatic heterocycles. The number of carbonyl (C=O) groups is 1. The lowest BCUT2D eigenvalue weighted by Crippen LogP contribution is -2.35. The molecule has 2 aliphatic rings. The zero-order valence-electron chi connectivity index (χ0n) is 20.6. The average molecular weight is 449 g/mol. The molecule has 178 valence electrons. The third kappa shape index (κ3) is 5.99. The highest BCUT2D eigenvalue weighted by Gasteiger charge is 2.35. The number of hydrogen-bond donors (Lipinski definition) is 0. The SMILES string of the molecule is CCCC1CCC(c2ccc(-c3ccc(C4CCC(C)(OC(=O)OC)CC4)cc3)cc2)CC1. The Kier molecular flexibility index (Phi) is 7.78. The Morgan fingerprint density at radius 1 is 0.818 bits per heavy atom. The molecule has 0 radical (unpaired) electrons. The van der Waals surface area contributed by atoms with Gasteiger partial charge < -0.3 is 9.47 Å². The van der Waals surface area contributed by atoms with Gasteiger partial charge in [-0.15, -0.1) is 0 Å². The molecule has 3 heteroatoms. The molecule has 2 saturated carbocycles. The van der Waals surface area contributed by atoms with Crippen molar-refractivity contribution < 1.29 is 14.3 Å². The summed E-state index contributed by atoms with van der Waals surface area (Å²) < 4.78 is 10.2. The van der Waals surface area contributed by atoms with E-state index in [9.17, 15) is 4.79 Å². The quantitative estimate of drug-likeness (QED) is 0.415. The van der Waals surface area contributed by atoms with Crippen LogP contribution in [0.2, 0.25) is 0 Å². The molecule has 0 spiro atoms. The molecule has 0 unspecified atom stereocenters. The van der Waals surface area contributed by atoms with Gasteiger partial charge in [-0.2, -0.15) is 0 Å². The zero-order valence-corrected chi connectivity index (χ0v) is 20.6. The van der Waals surface area contributed by atoms with E-state index in [4.69, 9.17) is 4.74 Å². The maximum Gasteiger partial charge on any atom is 0.508 e. The van der Waals surface area contributed by atoms with Gasteiger partial charge in [-0.05, 0) is 98.3 Å². The van der Waals surface area contributed by atoms with Gasteiger partial charge in [0.15, 0.2) is 0 Å². The fraction of sp³-hybridized carbons (Fsp3) is 0.567. The predicted molar refractivity (Wildman–Crippen MR) is 135 cm³/mol. The Morgan fingerprint density at radius 2 is 1.30 bits per heavy atom. The maximum absolute atomic E-state index is 11.5. The molecule has 33 heavy (non-hydrogen) atoms. The summed E-state index contributed by atoms with van der Waals surface area (Å²) in [6, 6.07) is 18.4. The standard InChI is InChI=1S/C30H40O3/c1-4-5-22-6-8-23(9-7-22)24-10-12-25(13-11-24)26-14-16-27(17-15-26)28-18-20-30(2,21-19-28)33-29(31)32-3/h10-17,22-23,28H,4-9,18-21H2,1-3H3. The minimum Gasteiger partial charge on any atom is -0.438 e. The Morgan fingerprint density at radius 3 is 1.76 bits per heavy atom. The van der Waals surface area contributed by atoms with E-state index in [2.05, 4.69) is 60.2 Å². The van der Waals surface area contributed by atoms with Crippen LogP contribution < -0.4 is 0 Å². The molecule has 0 aliphatic heterocycles. The second-order valence-electron chi connectivity index (χ2n) is 10.5. The van der Waals surface area contributed by atoms with Gasteiger partial charge in [-0.25, -0.2) is 4.79 Å². The van der Waals surface area contributed by atoms with Crippen LogP contribution in [0, 0.1) is 5.92 Å². The van der Waals surface area contributed by atoms with Crippen LogP contribution in [0.1, 0.15) is 101 Å². The topological polar surface area (TPSA) is 35.5 Å². The van der Waals surface area contributed by atoms with Crippen molar-refractivity contribution >= 4 is 6.16 Å². The number of hydrogen-bond acceptors (Lipinski definition) is 3. The molecule has 0 heterocycles. The van der Waals surface area contributed by atoms with Crippen molar-refractivity contribution in [3.05, 3.63) is 59.7 Å². The average Bonchev–Trinajstić information content (AvgIpc) is 2.85. The van der Waals surface area contributed by atoms with Crippen molar-refractivity contribution in [1.29, 1.82) is 0 Å². The Balaban J connectivity index is 1.33. The highest BCUT2D eigenvalue weighted by atomic mass is 16.7. The summed E-state index contributed by atoms with van der Waals surface area (Å²) in [6.45, 7) is 4.33. The molecule has 2 aromatic rings. The third-order valence-electron chi connectivity index (χ3n) is 8.18. The number of methoxy groups -OCH3 is 1. The molecule has 2 fully saturated rings. The van der Waals surface area contributed by atoms with E-state index in [1.807, 2.05) is 6.92 Å². The van der Waals surface area contributed by atoms with Crippen LogP contribution in [0.3, 0.4) is 0 Å². The van der Waals surface area contributed by atoms with Crippen LogP contribution in [-0.2, 0) is 9.47 Å². The smallest absolute Gasteiger partial charge is 0.438 e. The van der Waals surface area contributed by atoms with E-state index in [-0.39, 0.29) is 0 Å². The lowest BCUT2D eigenvalue weighted by Gasteiger charge is -2.36. The van der Waals surface area contributed by atoms with Gasteiger partial charge in [-0.3, -0.25) is 0 Å². The lowest BCUT2D eigenvalue weighted by atomic mass is 9.76. The number of carbonyl (C=O) groups excluding carboxylic acids is 1. The Hall–Kier alpha value is -2.29. The fourth-order valence-electron chi connectivity index (χ4n) is 5.99. The molecule has 3 nitrogen and oxygen atoms in total. The van der Waals surface area contributed by atoms with Crippen LogP contribution >= 0.6 is 0 Å². The highest BCUT2D eigenvalue weighted by Crippen LogP contribution is 2.41. The monoisotopic (exact) mass is 448 g/mol. The summed E-state index contributed by atoms with van der Waals surface area (Å²) in [5.74, 6) is 2.23. The summed E-state index contributed by atoms with van der Waals surface area (Å²) in [4.78, 5) is 11.5. The van der Waals surface area contributed by atoms with E-state index in [0.717, 1.165) is 37.5 Å². The minimum absolute atomic E-state index is 0.402. The van der Waals surface area contributed by atoms with Gasteiger partial charge in [0.1, 0.15) is 5.60 Å². The zero-order chi connectivity index (χ0) is 23.3. The van der Waals surface area contributed by atoms with E-state index in [1.165, 1.54) is 67.9 Å². The summed E-state index contributed by atoms with van der Waals surface area (Å²) in [5, 5.41) is 0. The van der Waals surface area contributed by atoms with Crippen molar-refractivity contribution in [2.75, 3.05) is 7.11 Å².